The molecule has 0 radical (unpaired) electrons. The summed E-state index contributed by atoms with van der Waals surface area (Å²) in [5, 5.41) is 9.61. The molecule has 0 rings (SSSR count). The zero-order valence-corrected chi connectivity index (χ0v) is 7.89. The Kier molecular flexibility index (Phi) is 3.53. The van der Waals surface area contributed by atoms with E-state index in [9.17, 15) is 5.11 Å². The summed E-state index contributed by atoms with van der Waals surface area (Å²) in [5.41, 5.74) is 0.510. The van der Waals surface area contributed by atoms with Crippen LogP contribution in [0.3, 0.4) is 0 Å². The van der Waals surface area contributed by atoms with Crippen LogP contribution in [0, 0.1) is 5.92 Å². The molecule has 0 saturated heterocycles. The quantitative estimate of drug-likeness (QED) is 0.619. The van der Waals surface area contributed by atoms with Crippen molar-refractivity contribution >= 4 is 0 Å². The lowest BCUT2D eigenvalue weighted by molar-refractivity contribution is 0.0543. The van der Waals surface area contributed by atoms with Crippen LogP contribution in [-0.2, 0) is 0 Å². The molecule has 0 heterocycles. The molecule has 0 aromatic rings. The van der Waals surface area contributed by atoms with Crippen molar-refractivity contribution in [3.05, 3.63) is 24.3 Å². The van der Waals surface area contributed by atoms with Gasteiger partial charge in [0.1, 0.15) is 0 Å². The second-order valence-corrected chi connectivity index (χ2v) is 3.66. The summed E-state index contributed by atoms with van der Waals surface area (Å²) < 4.78 is 0. The highest BCUT2D eigenvalue weighted by Gasteiger charge is 2.21. The van der Waals surface area contributed by atoms with Gasteiger partial charge in [0, 0.05) is 5.92 Å². The van der Waals surface area contributed by atoms with Gasteiger partial charge in [-0.1, -0.05) is 17.7 Å². The highest BCUT2D eigenvalue weighted by Crippen LogP contribution is 2.19. The minimum atomic E-state index is -0.695. The van der Waals surface area contributed by atoms with Gasteiger partial charge >= 0.3 is 0 Å². The highest BCUT2D eigenvalue weighted by atomic mass is 16.3. The fourth-order valence-corrected chi connectivity index (χ4v) is 0.919. The molecule has 0 saturated carbocycles. The number of hydrogen-bond donors (Lipinski definition) is 1. The fraction of sp³-hybridized carbons (Fsp3) is 0.600. The summed E-state index contributed by atoms with van der Waals surface area (Å²) in [6.45, 7) is 11.3. The molecule has 0 aromatic heterocycles. The van der Waals surface area contributed by atoms with Crippen molar-refractivity contribution in [2.24, 2.45) is 5.92 Å². The van der Waals surface area contributed by atoms with Crippen LogP contribution in [0.5, 0.6) is 0 Å². The van der Waals surface area contributed by atoms with Crippen LogP contribution in [0.25, 0.3) is 0 Å². The van der Waals surface area contributed by atoms with E-state index in [1.165, 1.54) is 5.57 Å². The smallest absolute Gasteiger partial charge is 0.0688 e. The second kappa shape index (κ2) is 3.72. The lowest BCUT2D eigenvalue weighted by atomic mass is 9.90. The van der Waals surface area contributed by atoms with Gasteiger partial charge in [-0.15, -0.1) is 6.58 Å². The Hall–Kier alpha value is -0.560. The third-order valence-electron chi connectivity index (χ3n) is 1.58. The van der Waals surface area contributed by atoms with E-state index < -0.39 is 5.60 Å². The van der Waals surface area contributed by atoms with Crippen LogP contribution in [0.4, 0.5) is 0 Å². The SMILES string of the molecule is C=C[C@@H](C=C(C)C)C(C)(C)O. The van der Waals surface area contributed by atoms with Crippen molar-refractivity contribution in [2.75, 3.05) is 0 Å². The Morgan fingerprint density at radius 2 is 1.91 bits per heavy atom. The summed E-state index contributed by atoms with van der Waals surface area (Å²) in [6, 6.07) is 0. The first-order valence-electron chi connectivity index (χ1n) is 3.88. The number of aliphatic hydroxyl groups is 1. The fourth-order valence-electron chi connectivity index (χ4n) is 0.919. The van der Waals surface area contributed by atoms with Crippen LogP contribution in [0.15, 0.2) is 24.3 Å². The van der Waals surface area contributed by atoms with Gasteiger partial charge in [0.15, 0.2) is 0 Å². The van der Waals surface area contributed by atoms with Gasteiger partial charge in [-0.05, 0) is 27.7 Å². The molecular formula is C10H18O. The van der Waals surface area contributed by atoms with E-state index in [0.29, 0.717) is 0 Å². The van der Waals surface area contributed by atoms with Gasteiger partial charge < -0.3 is 5.11 Å². The zero-order valence-electron chi connectivity index (χ0n) is 7.89. The Labute approximate surface area is 69.4 Å². The van der Waals surface area contributed by atoms with Gasteiger partial charge in [-0.3, -0.25) is 0 Å². The van der Waals surface area contributed by atoms with Gasteiger partial charge in [0.25, 0.3) is 0 Å². The molecule has 0 unspecified atom stereocenters. The van der Waals surface area contributed by atoms with Gasteiger partial charge in [0.05, 0.1) is 5.60 Å². The first-order chi connectivity index (χ1) is 4.88. The first kappa shape index (κ1) is 10.4. The minimum absolute atomic E-state index is 0.0486. The highest BCUT2D eigenvalue weighted by molar-refractivity contribution is 5.08. The zero-order chi connectivity index (χ0) is 9.07. The molecule has 1 atom stereocenters. The maximum absolute atomic E-state index is 9.61. The summed E-state index contributed by atoms with van der Waals surface area (Å²) in [4.78, 5) is 0. The van der Waals surface area contributed by atoms with Gasteiger partial charge in [-0.25, -0.2) is 0 Å². The number of allylic oxidation sites excluding steroid dienone is 1. The molecule has 1 N–H and O–H groups in total. The van der Waals surface area contributed by atoms with Crippen LogP contribution < -0.4 is 0 Å². The molecule has 0 aromatic carbocycles. The molecule has 0 spiro atoms. The Morgan fingerprint density at radius 3 is 2.00 bits per heavy atom. The maximum atomic E-state index is 9.61. The normalized spacial score (nSPS) is 13.9. The molecule has 0 bridgehead atoms. The monoisotopic (exact) mass is 154 g/mol. The summed E-state index contributed by atoms with van der Waals surface area (Å²) in [7, 11) is 0. The average Bonchev–Trinajstić information content (AvgIpc) is 1.79. The van der Waals surface area contributed by atoms with Crippen molar-refractivity contribution in [2.45, 2.75) is 33.3 Å². The largest absolute Gasteiger partial charge is 0.390 e. The summed E-state index contributed by atoms with van der Waals surface area (Å²) in [6.07, 6.45) is 3.79. The van der Waals surface area contributed by atoms with Gasteiger partial charge in [-0.2, -0.15) is 0 Å². The maximum Gasteiger partial charge on any atom is 0.0688 e. The van der Waals surface area contributed by atoms with E-state index >= 15 is 0 Å². The topological polar surface area (TPSA) is 20.2 Å². The molecular weight excluding hydrogens is 136 g/mol. The van der Waals surface area contributed by atoms with E-state index in [0.717, 1.165) is 0 Å². The molecule has 64 valence electrons. The van der Waals surface area contributed by atoms with Crippen molar-refractivity contribution in [3.63, 3.8) is 0 Å². The van der Waals surface area contributed by atoms with E-state index in [4.69, 9.17) is 0 Å². The predicted molar refractivity (Wildman–Crippen MR) is 49.4 cm³/mol. The Bertz CT molecular complexity index is 156. The van der Waals surface area contributed by atoms with Crippen LogP contribution >= 0.6 is 0 Å². The van der Waals surface area contributed by atoms with Gasteiger partial charge in [0.2, 0.25) is 0 Å². The van der Waals surface area contributed by atoms with E-state index in [-0.39, 0.29) is 5.92 Å². The predicted octanol–water partition coefficient (Wildman–Crippen LogP) is 2.53. The van der Waals surface area contributed by atoms with Crippen molar-refractivity contribution in [1.82, 2.24) is 0 Å². The van der Waals surface area contributed by atoms with Crippen LogP contribution in [-0.4, -0.2) is 10.7 Å². The molecule has 0 aliphatic rings. The Morgan fingerprint density at radius 1 is 1.45 bits per heavy atom. The third-order valence-corrected chi connectivity index (χ3v) is 1.58. The van der Waals surface area contributed by atoms with Crippen LogP contribution in [0.1, 0.15) is 27.7 Å². The standard InChI is InChI=1S/C10H18O/c1-6-9(7-8(2)3)10(4,5)11/h6-7,9,11H,1H2,2-5H3/t9-/m0/s1. The number of hydrogen-bond acceptors (Lipinski definition) is 1. The van der Waals surface area contributed by atoms with E-state index in [1.807, 2.05) is 19.9 Å². The molecule has 11 heavy (non-hydrogen) atoms. The van der Waals surface area contributed by atoms with Crippen molar-refractivity contribution in [3.8, 4) is 0 Å². The molecule has 1 heteroatoms. The molecule has 0 aliphatic heterocycles. The van der Waals surface area contributed by atoms with Crippen LogP contribution in [0.2, 0.25) is 0 Å². The Balaban J connectivity index is 4.43. The van der Waals surface area contributed by atoms with Crippen molar-refractivity contribution in [1.29, 1.82) is 0 Å². The summed E-state index contributed by atoms with van der Waals surface area (Å²) >= 11 is 0. The second-order valence-electron chi connectivity index (χ2n) is 3.66. The molecule has 0 amide bonds. The molecule has 1 nitrogen and oxygen atoms in total. The minimum Gasteiger partial charge on any atom is -0.390 e. The summed E-state index contributed by atoms with van der Waals surface area (Å²) in [5.74, 6) is 0.0486. The first-order valence-corrected chi connectivity index (χ1v) is 3.88. The van der Waals surface area contributed by atoms with E-state index in [1.54, 1.807) is 19.9 Å². The molecule has 0 fully saturated rings. The molecule has 0 aliphatic carbocycles. The van der Waals surface area contributed by atoms with Crippen molar-refractivity contribution < 1.29 is 5.11 Å². The average molecular weight is 154 g/mol. The number of rotatable bonds is 3. The van der Waals surface area contributed by atoms with E-state index in [2.05, 4.69) is 6.58 Å². The lowest BCUT2D eigenvalue weighted by Gasteiger charge is -2.23. The lowest BCUT2D eigenvalue weighted by Crippen LogP contribution is -2.27. The third kappa shape index (κ3) is 3.99.